The Morgan fingerprint density at radius 1 is 1.25 bits per heavy atom. The lowest BCUT2D eigenvalue weighted by Crippen LogP contribution is -2.17. The van der Waals surface area contributed by atoms with Crippen molar-refractivity contribution in [1.29, 1.82) is 0 Å². The number of thiazole rings is 1. The average molecular weight is 353 g/mol. The zero-order valence-corrected chi connectivity index (χ0v) is 14.8. The fourth-order valence-electron chi connectivity index (χ4n) is 1.86. The van der Waals surface area contributed by atoms with Crippen LogP contribution in [0.5, 0.6) is 0 Å². The molecule has 108 valence electrons. The van der Waals surface area contributed by atoms with Gasteiger partial charge in [-0.05, 0) is 24.6 Å². The standard InChI is InChI=1S/C16H21BrN2S/c1-11(12-5-7-13(17)8-6-12)18-9-14-10-19-15(20-14)16(2,3)4/h5-8,10-11,18H,9H2,1-4H3/t11-/m1/s1. The van der Waals surface area contributed by atoms with Gasteiger partial charge >= 0.3 is 0 Å². The summed E-state index contributed by atoms with van der Waals surface area (Å²) < 4.78 is 1.12. The Hall–Kier alpha value is -0.710. The molecule has 0 saturated carbocycles. The molecule has 0 unspecified atom stereocenters. The van der Waals surface area contributed by atoms with Crippen LogP contribution < -0.4 is 5.32 Å². The molecule has 2 nitrogen and oxygen atoms in total. The van der Waals surface area contributed by atoms with Gasteiger partial charge in [-0.15, -0.1) is 11.3 Å². The lowest BCUT2D eigenvalue weighted by molar-refractivity contribution is 0.578. The van der Waals surface area contributed by atoms with E-state index in [0.29, 0.717) is 6.04 Å². The first-order valence-electron chi connectivity index (χ1n) is 6.80. The number of nitrogens with zero attached hydrogens (tertiary/aromatic N) is 1. The van der Waals surface area contributed by atoms with Crippen molar-refractivity contribution in [3.63, 3.8) is 0 Å². The van der Waals surface area contributed by atoms with E-state index < -0.39 is 0 Å². The van der Waals surface area contributed by atoms with Crippen LogP contribution in [0.3, 0.4) is 0 Å². The molecule has 1 N–H and O–H groups in total. The van der Waals surface area contributed by atoms with Gasteiger partial charge in [0.25, 0.3) is 0 Å². The lowest BCUT2D eigenvalue weighted by atomic mass is 9.98. The molecule has 1 atom stereocenters. The van der Waals surface area contributed by atoms with E-state index in [4.69, 9.17) is 0 Å². The lowest BCUT2D eigenvalue weighted by Gasteiger charge is -2.14. The van der Waals surface area contributed by atoms with E-state index in [2.05, 4.69) is 78.2 Å². The molecular formula is C16H21BrN2S. The van der Waals surface area contributed by atoms with Gasteiger partial charge in [-0.1, -0.05) is 48.8 Å². The molecule has 1 heterocycles. The van der Waals surface area contributed by atoms with Crippen molar-refractivity contribution in [3.05, 3.63) is 50.4 Å². The van der Waals surface area contributed by atoms with Gasteiger partial charge in [0, 0.05) is 33.5 Å². The van der Waals surface area contributed by atoms with Gasteiger partial charge in [0.05, 0.1) is 5.01 Å². The van der Waals surface area contributed by atoms with E-state index in [9.17, 15) is 0 Å². The van der Waals surface area contributed by atoms with Gasteiger partial charge in [-0.3, -0.25) is 0 Å². The number of rotatable bonds is 4. The summed E-state index contributed by atoms with van der Waals surface area (Å²) in [5.41, 5.74) is 1.44. The van der Waals surface area contributed by atoms with Crippen molar-refractivity contribution in [2.75, 3.05) is 0 Å². The van der Waals surface area contributed by atoms with Gasteiger partial charge in [0.2, 0.25) is 0 Å². The molecule has 0 amide bonds. The summed E-state index contributed by atoms with van der Waals surface area (Å²) in [4.78, 5) is 5.81. The molecule has 0 aliphatic heterocycles. The quantitative estimate of drug-likeness (QED) is 0.832. The molecule has 2 aromatic rings. The van der Waals surface area contributed by atoms with Crippen molar-refractivity contribution >= 4 is 27.3 Å². The van der Waals surface area contributed by atoms with Crippen LogP contribution in [-0.4, -0.2) is 4.98 Å². The van der Waals surface area contributed by atoms with E-state index in [1.807, 2.05) is 6.20 Å². The molecule has 1 aromatic heterocycles. The molecule has 0 spiro atoms. The summed E-state index contributed by atoms with van der Waals surface area (Å²) in [6.45, 7) is 9.66. The number of halogens is 1. The highest BCUT2D eigenvalue weighted by atomic mass is 79.9. The van der Waals surface area contributed by atoms with Gasteiger partial charge in [0.15, 0.2) is 0 Å². The maximum atomic E-state index is 4.52. The third-order valence-electron chi connectivity index (χ3n) is 3.15. The van der Waals surface area contributed by atoms with E-state index >= 15 is 0 Å². The largest absolute Gasteiger partial charge is 0.305 e. The molecule has 0 bridgehead atoms. The van der Waals surface area contributed by atoms with E-state index in [0.717, 1.165) is 11.0 Å². The predicted octanol–water partition coefficient (Wildman–Crippen LogP) is 5.05. The predicted molar refractivity (Wildman–Crippen MR) is 90.2 cm³/mol. The van der Waals surface area contributed by atoms with Crippen LogP contribution in [-0.2, 0) is 12.0 Å². The average Bonchev–Trinajstić information content (AvgIpc) is 2.85. The summed E-state index contributed by atoms with van der Waals surface area (Å²) in [5, 5.41) is 4.75. The third kappa shape index (κ3) is 4.14. The van der Waals surface area contributed by atoms with E-state index in [-0.39, 0.29) is 5.41 Å². The SMILES string of the molecule is C[C@@H](NCc1cnc(C(C)(C)C)s1)c1ccc(Br)cc1. The summed E-state index contributed by atoms with van der Waals surface area (Å²) in [6, 6.07) is 8.79. The van der Waals surface area contributed by atoms with Gasteiger partial charge in [-0.25, -0.2) is 4.98 Å². The second kappa shape index (κ2) is 6.37. The maximum absolute atomic E-state index is 4.52. The zero-order valence-electron chi connectivity index (χ0n) is 12.4. The second-order valence-electron chi connectivity index (χ2n) is 6.04. The molecule has 20 heavy (non-hydrogen) atoms. The molecule has 0 fully saturated rings. The highest BCUT2D eigenvalue weighted by Gasteiger charge is 2.18. The molecule has 0 aliphatic carbocycles. The fraction of sp³-hybridized carbons (Fsp3) is 0.438. The Morgan fingerprint density at radius 2 is 1.90 bits per heavy atom. The highest BCUT2D eigenvalue weighted by Crippen LogP contribution is 2.27. The van der Waals surface area contributed by atoms with Crippen LogP contribution in [0.15, 0.2) is 34.9 Å². The van der Waals surface area contributed by atoms with Crippen LogP contribution >= 0.6 is 27.3 Å². The first-order valence-corrected chi connectivity index (χ1v) is 8.41. The van der Waals surface area contributed by atoms with Crippen molar-refractivity contribution in [2.24, 2.45) is 0 Å². The monoisotopic (exact) mass is 352 g/mol. The summed E-state index contributed by atoms with van der Waals surface area (Å²) in [7, 11) is 0. The van der Waals surface area contributed by atoms with Gasteiger partial charge < -0.3 is 5.32 Å². The Labute approximate surface area is 133 Å². The summed E-state index contributed by atoms with van der Waals surface area (Å²) in [6.07, 6.45) is 1.99. The maximum Gasteiger partial charge on any atom is 0.0981 e. The molecule has 0 aliphatic rings. The van der Waals surface area contributed by atoms with Crippen LogP contribution in [0, 0.1) is 0 Å². The van der Waals surface area contributed by atoms with Crippen molar-refractivity contribution in [2.45, 2.75) is 45.7 Å². The number of aromatic nitrogens is 1. The Kier molecular flexibility index (Phi) is 4.99. The summed E-state index contributed by atoms with van der Waals surface area (Å²) >= 11 is 5.26. The fourth-order valence-corrected chi connectivity index (χ4v) is 3.04. The van der Waals surface area contributed by atoms with Crippen LogP contribution in [0.1, 0.15) is 49.2 Å². The van der Waals surface area contributed by atoms with Gasteiger partial charge in [0.1, 0.15) is 0 Å². The molecule has 0 radical (unpaired) electrons. The Balaban J connectivity index is 1.95. The third-order valence-corrected chi connectivity index (χ3v) is 5.10. The van der Waals surface area contributed by atoms with Crippen molar-refractivity contribution < 1.29 is 0 Å². The van der Waals surface area contributed by atoms with Crippen LogP contribution in [0.4, 0.5) is 0 Å². The number of hydrogen-bond donors (Lipinski definition) is 1. The first-order chi connectivity index (χ1) is 9.36. The molecule has 4 heteroatoms. The minimum Gasteiger partial charge on any atom is -0.305 e. The minimum absolute atomic E-state index is 0.139. The van der Waals surface area contributed by atoms with E-state index in [1.165, 1.54) is 15.4 Å². The topological polar surface area (TPSA) is 24.9 Å². The molecular weight excluding hydrogens is 332 g/mol. The Bertz CT molecular complexity index is 555. The van der Waals surface area contributed by atoms with Crippen LogP contribution in [0.25, 0.3) is 0 Å². The molecule has 2 rings (SSSR count). The Morgan fingerprint density at radius 3 is 2.45 bits per heavy atom. The van der Waals surface area contributed by atoms with Gasteiger partial charge in [-0.2, -0.15) is 0 Å². The first kappa shape index (κ1) is 15.7. The van der Waals surface area contributed by atoms with Crippen LogP contribution in [0.2, 0.25) is 0 Å². The highest BCUT2D eigenvalue weighted by molar-refractivity contribution is 9.10. The van der Waals surface area contributed by atoms with Crippen molar-refractivity contribution in [1.82, 2.24) is 10.3 Å². The number of benzene rings is 1. The summed E-state index contributed by atoms with van der Waals surface area (Å²) in [5.74, 6) is 0. The molecule has 1 aromatic carbocycles. The molecule has 0 saturated heterocycles. The minimum atomic E-state index is 0.139. The number of nitrogens with one attached hydrogen (secondary N) is 1. The number of hydrogen-bond acceptors (Lipinski definition) is 3. The zero-order chi connectivity index (χ0) is 14.8. The smallest absolute Gasteiger partial charge is 0.0981 e. The van der Waals surface area contributed by atoms with Crippen molar-refractivity contribution in [3.8, 4) is 0 Å². The normalized spacial score (nSPS) is 13.4. The second-order valence-corrected chi connectivity index (χ2v) is 8.07. The van der Waals surface area contributed by atoms with E-state index in [1.54, 1.807) is 11.3 Å².